The van der Waals surface area contributed by atoms with Gasteiger partial charge >= 0.3 is 0 Å². The SMILES string of the molecule is COc1ccc2ncc(C#N)c(CCN3C4CCC3CC(NC(=O)C3=CC5=C(CC3C)OCCO5)C4)c2c1. The van der Waals surface area contributed by atoms with Gasteiger partial charge in [0.1, 0.15) is 30.8 Å². The first-order valence-corrected chi connectivity index (χ1v) is 13.7. The average Bonchev–Trinajstić information content (AvgIpc) is 3.17. The normalized spacial score (nSPS) is 26.6. The van der Waals surface area contributed by atoms with E-state index in [1.165, 1.54) is 0 Å². The van der Waals surface area contributed by atoms with Gasteiger partial charge in [0.15, 0.2) is 5.76 Å². The van der Waals surface area contributed by atoms with Gasteiger partial charge in [-0.2, -0.15) is 5.26 Å². The number of nitrogens with zero attached hydrogens (tertiary/aromatic N) is 3. The molecule has 8 heteroatoms. The molecule has 1 amide bonds. The molecule has 2 bridgehead atoms. The zero-order chi connectivity index (χ0) is 26.2. The highest BCUT2D eigenvalue weighted by Gasteiger charge is 2.41. The summed E-state index contributed by atoms with van der Waals surface area (Å²) in [5, 5.41) is 14.1. The van der Waals surface area contributed by atoms with Gasteiger partial charge in [-0.1, -0.05) is 6.92 Å². The van der Waals surface area contributed by atoms with Gasteiger partial charge in [-0.15, -0.1) is 0 Å². The number of hydrogen-bond donors (Lipinski definition) is 1. The van der Waals surface area contributed by atoms with Crippen LogP contribution in [0, 0.1) is 17.2 Å². The molecule has 38 heavy (non-hydrogen) atoms. The Balaban J connectivity index is 1.13. The number of aromatic nitrogens is 1. The zero-order valence-electron chi connectivity index (χ0n) is 22.0. The second kappa shape index (κ2) is 10.3. The molecule has 1 aromatic heterocycles. The fraction of sp³-hybridized carbons (Fsp3) is 0.500. The second-order valence-electron chi connectivity index (χ2n) is 10.8. The van der Waals surface area contributed by atoms with E-state index < -0.39 is 0 Å². The van der Waals surface area contributed by atoms with Crippen molar-refractivity contribution in [3.63, 3.8) is 0 Å². The molecular weight excluding hydrogens is 480 g/mol. The minimum Gasteiger partial charge on any atom is -0.497 e. The third-order valence-corrected chi connectivity index (χ3v) is 8.61. The Morgan fingerprint density at radius 3 is 2.79 bits per heavy atom. The van der Waals surface area contributed by atoms with E-state index in [4.69, 9.17) is 14.2 Å². The molecule has 4 aliphatic rings. The summed E-state index contributed by atoms with van der Waals surface area (Å²) < 4.78 is 16.9. The molecule has 1 aliphatic carbocycles. The maximum absolute atomic E-state index is 13.3. The molecule has 0 radical (unpaired) electrons. The van der Waals surface area contributed by atoms with Crippen LogP contribution in [-0.4, -0.2) is 60.8 Å². The summed E-state index contributed by atoms with van der Waals surface area (Å²) in [6, 6.07) is 9.22. The van der Waals surface area contributed by atoms with Crippen LogP contribution < -0.4 is 10.1 Å². The quantitative estimate of drug-likeness (QED) is 0.623. The van der Waals surface area contributed by atoms with Crippen molar-refractivity contribution < 1.29 is 19.0 Å². The molecule has 4 heterocycles. The molecule has 2 fully saturated rings. The lowest BCUT2D eigenvalue weighted by atomic mass is 9.89. The number of rotatable bonds is 6. The second-order valence-corrected chi connectivity index (χ2v) is 10.8. The third-order valence-electron chi connectivity index (χ3n) is 8.61. The molecule has 2 aromatic rings. The van der Waals surface area contributed by atoms with Gasteiger partial charge in [-0.05, 0) is 67.9 Å². The minimum absolute atomic E-state index is 0.0203. The lowest BCUT2D eigenvalue weighted by Gasteiger charge is -2.39. The van der Waals surface area contributed by atoms with E-state index in [2.05, 4.69) is 28.2 Å². The summed E-state index contributed by atoms with van der Waals surface area (Å²) in [6.07, 6.45) is 9.25. The van der Waals surface area contributed by atoms with Crippen LogP contribution in [0.5, 0.6) is 5.75 Å². The van der Waals surface area contributed by atoms with Crippen molar-refractivity contribution in [2.75, 3.05) is 26.9 Å². The molecule has 3 unspecified atom stereocenters. The highest BCUT2D eigenvalue weighted by Crippen LogP contribution is 2.37. The van der Waals surface area contributed by atoms with Gasteiger partial charge in [0.25, 0.3) is 0 Å². The monoisotopic (exact) mass is 514 g/mol. The lowest BCUT2D eigenvalue weighted by Crippen LogP contribution is -2.51. The topological polar surface area (TPSA) is 96.7 Å². The van der Waals surface area contributed by atoms with Gasteiger partial charge in [-0.3, -0.25) is 14.7 Å². The molecule has 3 atom stereocenters. The van der Waals surface area contributed by atoms with Crippen molar-refractivity contribution in [2.45, 2.75) is 63.6 Å². The van der Waals surface area contributed by atoms with Gasteiger partial charge in [0.05, 0.1) is 18.2 Å². The largest absolute Gasteiger partial charge is 0.497 e. The van der Waals surface area contributed by atoms with Crippen molar-refractivity contribution in [2.24, 2.45) is 5.92 Å². The van der Waals surface area contributed by atoms with Crippen LogP contribution >= 0.6 is 0 Å². The maximum Gasteiger partial charge on any atom is 0.247 e. The Bertz CT molecular complexity index is 1350. The first kappa shape index (κ1) is 24.7. The number of amides is 1. The van der Waals surface area contributed by atoms with Crippen LogP contribution in [0.15, 0.2) is 47.6 Å². The fourth-order valence-electron chi connectivity index (χ4n) is 6.70. The first-order valence-electron chi connectivity index (χ1n) is 13.7. The van der Waals surface area contributed by atoms with Gasteiger partial charge in [-0.25, -0.2) is 0 Å². The molecule has 198 valence electrons. The number of hydrogen-bond acceptors (Lipinski definition) is 7. The number of nitriles is 1. The number of piperidine rings is 1. The number of allylic oxidation sites excluding steroid dienone is 2. The van der Waals surface area contributed by atoms with Crippen molar-refractivity contribution in [3.8, 4) is 11.8 Å². The Kier molecular flexibility index (Phi) is 6.71. The zero-order valence-corrected chi connectivity index (χ0v) is 22.0. The summed E-state index contributed by atoms with van der Waals surface area (Å²) in [6.45, 7) is 4.07. The third kappa shape index (κ3) is 4.60. The number of methoxy groups -OCH3 is 1. The highest BCUT2D eigenvalue weighted by atomic mass is 16.6. The van der Waals surface area contributed by atoms with E-state index in [1.807, 2.05) is 24.3 Å². The summed E-state index contributed by atoms with van der Waals surface area (Å²) >= 11 is 0. The van der Waals surface area contributed by atoms with E-state index in [1.54, 1.807) is 13.3 Å². The van der Waals surface area contributed by atoms with E-state index in [-0.39, 0.29) is 17.9 Å². The molecule has 1 N–H and O–H groups in total. The molecule has 0 saturated carbocycles. The van der Waals surface area contributed by atoms with Crippen molar-refractivity contribution in [1.29, 1.82) is 5.26 Å². The van der Waals surface area contributed by atoms with E-state index in [0.29, 0.717) is 43.0 Å². The Hall–Kier alpha value is -3.57. The number of ether oxygens (including phenoxy) is 3. The molecule has 3 aliphatic heterocycles. The Labute approximate surface area is 223 Å². The fourth-order valence-corrected chi connectivity index (χ4v) is 6.70. The molecular formula is C30H34N4O4. The molecule has 0 spiro atoms. The van der Waals surface area contributed by atoms with Gasteiger partial charge in [0, 0.05) is 48.2 Å². The van der Waals surface area contributed by atoms with Crippen LogP contribution in [-0.2, 0) is 20.7 Å². The maximum atomic E-state index is 13.3. The van der Waals surface area contributed by atoms with Crippen molar-refractivity contribution in [1.82, 2.24) is 15.2 Å². The van der Waals surface area contributed by atoms with Crippen molar-refractivity contribution >= 4 is 16.8 Å². The number of carbonyl (C=O) groups excluding carboxylic acids is 1. The molecule has 6 rings (SSSR count). The average molecular weight is 515 g/mol. The van der Waals surface area contributed by atoms with Gasteiger partial charge in [0.2, 0.25) is 5.91 Å². The van der Waals surface area contributed by atoms with Crippen LogP contribution in [0.1, 0.15) is 50.2 Å². The standard InChI is InChI=1S/C30H34N4O4/c1-18-11-28-29(38-10-9-37-28)15-25(18)30(35)33-20-12-21-3-4-22(13-20)34(21)8-7-24-19(16-31)17-32-27-6-5-23(36-2)14-26(24)27/h5-6,14-15,17-18,20-22H,3-4,7-13H2,1-2H3,(H,33,35). The van der Waals surface area contributed by atoms with E-state index in [9.17, 15) is 10.1 Å². The van der Waals surface area contributed by atoms with Gasteiger partial charge < -0.3 is 19.5 Å². The summed E-state index contributed by atoms with van der Waals surface area (Å²) in [7, 11) is 1.65. The minimum atomic E-state index is 0.0203. The Morgan fingerprint density at radius 1 is 1.24 bits per heavy atom. The van der Waals surface area contributed by atoms with Crippen LogP contribution in [0.25, 0.3) is 10.9 Å². The predicted octanol–water partition coefficient (Wildman–Crippen LogP) is 3.99. The molecule has 8 nitrogen and oxygen atoms in total. The van der Waals surface area contributed by atoms with Crippen LogP contribution in [0.3, 0.4) is 0 Å². The smallest absolute Gasteiger partial charge is 0.247 e. The summed E-state index contributed by atoms with van der Waals surface area (Å²) in [5.74, 6) is 2.48. The summed E-state index contributed by atoms with van der Waals surface area (Å²) in [4.78, 5) is 20.3. The number of pyridine rings is 1. The number of carbonyl (C=O) groups is 1. The highest BCUT2D eigenvalue weighted by molar-refractivity contribution is 5.95. The summed E-state index contributed by atoms with van der Waals surface area (Å²) in [5.41, 5.74) is 3.32. The number of fused-ring (bicyclic) bond motifs is 3. The predicted molar refractivity (Wildman–Crippen MR) is 142 cm³/mol. The number of nitrogens with one attached hydrogen (secondary N) is 1. The lowest BCUT2D eigenvalue weighted by molar-refractivity contribution is -0.119. The van der Waals surface area contributed by atoms with Crippen molar-refractivity contribution in [3.05, 3.63) is 58.7 Å². The Morgan fingerprint density at radius 2 is 2.03 bits per heavy atom. The number of benzene rings is 1. The van der Waals surface area contributed by atoms with E-state index >= 15 is 0 Å². The van der Waals surface area contributed by atoms with Crippen LogP contribution in [0.2, 0.25) is 0 Å². The van der Waals surface area contributed by atoms with Crippen LogP contribution in [0.4, 0.5) is 0 Å². The molecule has 2 saturated heterocycles. The van der Waals surface area contributed by atoms with E-state index in [0.717, 1.165) is 72.2 Å². The first-order chi connectivity index (χ1) is 18.5. The molecule has 1 aromatic carbocycles.